The SMILES string of the molecule is NCC1CCN1CCS(=O)C1CC1. The van der Waals surface area contributed by atoms with Gasteiger partial charge in [0.25, 0.3) is 0 Å². The molecule has 2 aliphatic rings. The second-order valence-electron chi connectivity index (χ2n) is 4.00. The van der Waals surface area contributed by atoms with Crippen LogP contribution in [-0.2, 0) is 10.8 Å². The molecule has 1 aliphatic carbocycles. The Morgan fingerprint density at radius 1 is 1.38 bits per heavy atom. The molecule has 3 nitrogen and oxygen atoms in total. The number of rotatable bonds is 5. The molecule has 0 spiro atoms. The minimum absolute atomic E-state index is 0.539. The molecule has 2 unspecified atom stereocenters. The molecule has 0 amide bonds. The minimum atomic E-state index is -0.548. The summed E-state index contributed by atoms with van der Waals surface area (Å²) in [6.45, 7) is 2.91. The number of nitrogens with two attached hydrogens (primary N) is 1. The van der Waals surface area contributed by atoms with E-state index in [1.165, 1.54) is 19.3 Å². The molecule has 1 aliphatic heterocycles. The molecule has 4 heteroatoms. The molecule has 0 aromatic heterocycles. The van der Waals surface area contributed by atoms with Crippen molar-refractivity contribution in [3.63, 3.8) is 0 Å². The lowest BCUT2D eigenvalue weighted by Gasteiger charge is -2.40. The number of nitrogens with zero attached hydrogens (tertiary/aromatic N) is 1. The number of likely N-dealkylation sites (tertiary alicyclic amines) is 1. The Kier molecular flexibility index (Phi) is 3.01. The molecular weight excluding hydrogens is 184 g/mol. The topological polar surface area (TPSA) is 46.3 Å². The predicted molar refractivity (Wildman–Crippen MR) is 55.1 cm³/mol. The third kappa shape index (κ3) is 2.30. The van der Waals surface area contributed by atoms with Gasteiger partial charge in [-0.15, -0.1) is 0 Å². The summed E-state index contributed by atoms with van der Waals surface area (Å²) >= 11 is 0. The molecule has 1 saturated carbocycles. The minimum Gasteiger partial charge on any atom is -0.329 e. The monoisotopic (exact) mass is 202 g/mol. The van der Waals surface area contributed by atoms with Gasteiger partial charge >= 0.3 is 0 Å². The molecule has 1 saturated heterocycles. The molecule has 76 valence electrons. The van der Waals surface area contributed by atoms with Crippen molar-refractivity contribution in [2.45, 2.75) is 30.6 Å². The van der Waals surface area contributed by atoms with E-state index in [0.29, 0.717) is 11.3 Å². The molecule has 0 bridgehead atoms. The van der Waals surface area contributed by atoms with Crippen LogP contribution in [0.2, 0.25) is 0 Å². The van der Waals surface area contributed by atoms with Crippen molar-refractivity contribution in [1.82, 2.24) is 4.90 Å². The van der Waals surface area contributed by atoms with Crippen molar-refractivity contribution in [3.05, 3.63) is 0 Å². The number of hydrogen-bond donors (Lipinski definition) is 1. The van der Waals surface area contributed by atoms with Gasteiger partial charge in [-0.25, -0.2) is 0 Å². The van der Waals surface area contributed by atoms with Crippen LogP contribution < -0.4 is 5.73 Å². The normalized spacial score (nSPS) is 31.3. The highest BCUT2D eigenvalue weighted by Crippen LogP contribution is 2.26. The maximum Gasteiger partial charge on any atom is 0.0365 e. The van der Waals surface area contributed by atoms with Gasteiger partial charge in [0.2, 0.25) is 0 Å². The average Bonchev–Trinajstić information content (AvgIpc) is 2.85. The van der Waals surface area contributed by atoms with Crippen molar-refractivity contribution < 1.29 is 4.21 Å². The second kappa shape index (κ2) is 4.07. The molecule has 0 radical (unpaired) electrons. The summed E-state index contributed by atoms with van der Waals surface area (Å²) < 4.78 is 11.5. The zero-order chi connectivity index (χ0) is 9.26. The summed E-state index contributed by atoms with van der Waals surface area (Å²) in [7, 11) is -0.548. The largest absolute Gasteiger partial charge is 0.329 e. The van der Waals surface area contributed by atoms with Crippen molar-refractivity contribution in [2.75, 3.05) is 25.4 Å². The van der Waals surface area contributed by atoms with Crippen molar-refractivity contribution in [2.24, 2.45) is 5.73 Å². The standard InChI is InChI=1S/C9H18N2OS/c10-7-8-3-4-11(8)5-6-13(12)9-1-2-9/h8-9H,1-7,10H2. The van der Waals surface area contributed by atoms with Gasteiger partial charge in [0, 0.05) is 47.5 Å². The Morgan fingerprint density at radius 3 is 2.62 bits per heavy atom. The van der Waals surface area contributed by atoms with Crippen LogP contribution >= 0.6 is 0 Å². The van der Waals surface area contributed by atoms with Gasteiger partial charge in [0.1, 0.15) is 0 Å². The zero-order valence-corrected chi connectivity index (χ0v) is 8.76. The van der Waals surface area contributed by atoms with E-state index >= 15 is 0 Å². The van der Waals surface area contributed by atoms with Crippen molar-refractivity contribution in [3.8, 4) is 0 Å². The molecule has 2 fully saturated rings. The molecule has 2 atom stereocenters. The van der Waals surface area contributed by atoms with Gasteiger partial charge in [-0.3, -0.25) is 9.11 Å². The van der Waals surface area contributed by atoms with E-state index in [4.69, 9.17) is 5.73 Å². The highest BCUT2D eigenvalue weighted by atomic mass is 32.2. The maximum atomic E-state index is 11.5. The Bertz CT molecular complexity index is 204. The smallest absolute Gasteiger partial charge is 0.0365 e. The van der Waals surface area contributed by atoms with Crippen LogP contribution in [0.1, 0.15) is 19.3 Å². The van der Waals surface area contributed by atoms with Crippen LogP contribution in [0.15, 0.2) is 0 Å². The predicted octanol–water partition coefficient (Wildman–Crippen LogP) is -0.0695. The molecule has 0 aromatic carbocycles. The first-order chi connectivity index (χ1) is 6.31. The Morgan fingerprint density at radius 2 is 2.15 bits per heavy atom. The van der Waals surface area contributed by atoms with Gasteiger partial charge in [0.05, 0.1) is 0 Å². The van der Waals surface area contributed by atoms with E-state index in [0.717, 1.165) is 25.4 Å². The lowest BCUT2D eigenvalue weighted by molar-refractivity contribution is 0.106. The van der Waals surface area contributed by atoms with Crippen LogP contribution in [0, 0.1) is 0 Å². The van der Waals surface area contributed by atoms with Crippen molar-refractivity contribution in [1.29, 1.82) is 0 Å². The zero-order valence-electron chi connectivity index (χ0n) is 7.95. The summed E-state index contributed by atoms with van der Waals surface area (Å²) in [5.41, 5.74) is 5.59. The summed E-state index contributed by atoms with van der Waals surface area (Å²) in [6.07, 6.45) is 3.60. The molecule has 1 heterocycles. The quantitative estimate of drug-likeness (QED) is 0.679. The van der Waals surface area contributed by atoms with E-state index < -0.39 is 10.8 Å². The third-order valence-electron chi connectivity index (χ3n) is 3.01. The van der Waals surface area contributed by atoms with E-state index in [1.807, 2.05) is 0 Å². The Labute approximate surface area is 82.1 Å². The molecule has 0 aromatic rings. The average molecular weight is 202 g/mol. The number of hydrogen-bond acceptors (Lipinski definition) is 3. The third-order valence-corrected chi connectivity index (χ3v) is 4.81. The summed E-state index contributed by atoms with van der Waals surface area (Å²) in [4.78, 5) is 2.36. The summed E-state index contributed by atoms with van der Waals surface area (Å²) in [5.74, 6) is 0.862. The van der Waals surface area contributed by atoms with E-state index in [2.05, 4.69) is 4.90 Å². The summed E-state index contributed by atoms with van der Waals surface area (Å²) in [5, 5.41) is 0.539. The van der Waals surface area contributed by atoms with Crippen LogP contribution in [0.4, 0.5) is 0 Å². The molecule has 13 heavy (non-hydrogen) atoms. The molecule has 2 N–H and O–H groups in total. The summed E-state index contributed by atoms with van der Waals surface area (Å²) in [6, 6.07) is 0.580. The van der Waals surface area contributed by atoms with Crippen LogP contribution in [0.3, 0.4) is 0 Å². The van der Waals surface area contributed by atoms with Gasteiger partial charge in [0.15, 0.2) is 0 Å². The van der Waals surface area contributed by atoms with Gasteiger partial charge in [-0.2, -0.15) is 0 Å². The first-order valence-electron chi connectivity index (χ1n) is 5.12. The second-order valence-corrected chi connectivity index (χ2v) is 5.83. The molecule has 2 rings (SSSR count). The Balaban J connectivity index is 1.64. The van der Waals surface area contributed by atoms with Crippen LogP contribution in [0.5, 0.6) is 0 Å². The first kappa shape index (κ1) is 9.62. The van der Waals surface area contributed by atoms with E-state index in [9.17, 15) is 4.21 Å². The van der Waals surface area contributed by atoms with Gasteiger partial charge in [-0.05, 0) is 19.3 Å². The van der Waals surface area contributed by atoms with Crippen molar-refractivity contribution >= 4 is 10.8 Å². The molecular formula is C9H18N2OS. The fraction of sp³-hybridized carbons (Fsp3) is 1.00. The highest BCUT2D eigenvalue weighted by molar-refractivity contribution is 7.85. The van der Waals surface area contributed by atoms with Gasteiger partial charge < -0.3 is 5.73 Å². The highest BCUT2D eigenvalue weighted by Gasteiger charge is 2.30. The Hall–Kier alpha value is 0.0700. The fourth-order valence-electron chi connectivity index (χ4n) is 1.76. The first-order valence-corrected chi connectivity index (χ1v) is 6.51. The van der Waals surface area contributed by atoms with Gasteiger partial charge in [-0.1, -0.05) is 0 Å². The van der Waals surface area contributed by atoms with E-state index in [-0.39, 0.29) is 0 Å². The van der Waals surface area contributed by atoms with Crippen LogP contribution in [-0.4, -0.2) is 45.8 Å². The lowest BCUT2D eigenvalue weighted by atomic mass is 10.0. The maximum absolute atomic E-state index is 11.5. The fourth-order valence-corrected chi connectivity index (χ4v) is 3.17. The lowest BCUT2D eigenvalue weighted by Crippen LogP contribution is -2.52. The van der Waals surface area contributed by atoms with E-state index in [1.54, 1.807) is 0 Å². The van der Waals surface area contributed by atoms with Crippen LogP contribution in [0.25, 0.3) is 0 Å².